The van der Waals surface area contributed by atoms with E-state index in [0.29, 0.717) is 16.4 Å². The third-order valence-corrected chi connectivity index (χ3v) is 6.32. The zero-order chi connectivity index (χ0) is 26.0. The summed E-state index contributed by atoms with van der Waals surface area (Å²) in [4.78, 5) is 31.3. The number of hydrogen-bond donors (Lipinski definition) is 1. The molecule has 0 spiro atoms. The van der Waals surface area contributed by atoms with E-state index >= 15 is 0 Å². The Morgan fingerprint density at radius 3 is 2.33 bits per heavy atom. The predicted octanol–water partition coefficient (Wildman–Crippen LogP) is 4.24. The summed E-state index contributed by atoms with van der Waals surface area (Å²) in [6.45, 7) is 0.221. The van der Waals surface area contributed by atoms with Crippen molar-refractivity contribution in [3.63, 3.8) is 0 Å². The van der Waals surface area contributed by atoms with Crippen LogP contribution in [0.3, 0.4) is 0 Å². The SMILES string of the molecule is COC(=O)C1(c2nc(-c3ccc(OC)cc3)c(-c3ccc(F)cc3F)o2)CCN(C(=O)N(C)O)CC1. The number of amides is 2. The van der Waals surface area contributed by atoms with Crippen molar-refractivity contribution in [1.82, 2.24) is 14.9 Å². The molecule has 9 nitrogen and oxygen atoms in total. The van der Waals surface area contributed by atoms with Crippen molar-refractivity contribution < 1.29 is 37.5 Å². The molecule has 1 aliphatic heterocycles. The molecule has 1 aliphatic rings. The zero-order valence-corrected chi connectivity index (χ0v) is 20.0. The number of piperidine rings is 1. The van der Waals surface area contributed by atoms with Crippen LogP contribution < -0.4 is 4.74 Å². The lowest BCUT2D eigenvalue weighted by atomic mass is 9.78. The first kappa shape index (κ1) is 25.1. The molecule has 0 atom stereocenters. The molecule has 0 unspecified atom stereocenters. The van der Waals surface area contributed by atoms with E-state index in [9.17, 15) is 23.6 Å². The number of carbonyl (C=O) groups excluding carboxylic acids is 2. The standard InChI is InChI=1S/C25H25F2N3O6/c1-29(33)24(32)30-12-10-25(11-13-30,23(31)35-3)22-28-20(15-4-7-17(34-2)8-5-15)21(36-22)18-9-6-16(26)14-19(18)27/h4-9,14,33H,10-13H2,1-3H3. The average molecular weight is 501 g/mol. The molecule has 2 heterocycles. The molecule has 1 N–H and O–H groups in total. The maximum atomic E-state index is 14.8. The first-order chi connectivity index (χ1) is 17.2. The predicted molar refractivity (Wildman–Crippen MR) is 123 cm³/mol. The fourth-order valence-corrected chi connectivity index (χ4v) is 4.31. The Hall–Kier alpha value is -3.99. The number of rotatable bonds is 5. The van der Waals surface area contributed by atoms with Crippen LogP contribution in [0, 0.1) is 11.6 Å². The number of oxazole rings is 1. The molecule has 3 aromatic rings. The van der Waals surface area contributed by atoms with Crippen LogP contribution in [0.15, 0.2) is 46.9 Å². The minimum Gasteiger partial charge on any atom is -0.497 e. The fourth-order valence-electron chi connectivity index (χ4n) is 4.31. The number of urea groups is 1. The van der Waals surface area contributed by atoms with Crippen LogP contribution in [0.1, 0.15) is 18.7 Å². The van der Waals surface area contributed by atoms with Crippen molar-refractivity contribution in [2.24, 2.45) is 0 Å². The molecule has 36 heavy (non-hydrogen) atoms. The Labute approximate surface area is 205 Å². The van der Waals surface area contributed by atoms with Crippen molar-refractivity contribution in [1.29, 1.82) is 0 Å². The van der Waals surface area contributed by atoms with Gasteiger partial charge in [0, 0.05) is 31.8 Å². The summed E-state index contributed by atoms with van der Waals surface area (Å²) < 4.78 is 44.8. The van der Waals surface area contributed by atoms with E-state index < -0.39 is 29.0 Å². The first-order valence-electron chi connectivity index (χ1n) is 11.1. The van der Waals surface area contributed by atoms with Crippen LogP contribution in [0.4, 0.5) is 13.6 Å². The summed E-state index contributed by atoms with van der Waals surface area (Å²) >= 11 is 0. The number of carbonyl (C=O) groups is 2. The molecule has 11 heteroatoms. The summed E-state index contributed by atoms with van der Waals surface area (Å²) in [6, 6.07) is 9.26. The lowest BCUT2D eigenvalue weighted by Gasteiger charge is -2.38. The summed E-state index contributed by atoms with van der Waals surface area (Å²) in [5, 5.41) is 9.96. The number of nitrogens with zero attached hydrogens (tertiary/aromatic N) is 3. The van der Waals surface area contributed by atoms with E-state index in [1.165, 1.54) is 32.2 Å². The van der Waals surface area contributed by atoms with Crippen LogP contribution in [-0.2, 0) is 14.9 Å². The third kappa shape index (κ3) is 4.49. The minimum absolute atomic E-state index is 0.0108. The number of ether oxygens (including phenoxy) is 2. The van der Waals surface area contributed by atoms with Gasteiger partial charge in [-0.3, -0.25) is 10.0 Å². The second-order valence-electron chi connectivity index (χ2n) is 8.42. The van der Waals surface area contributed by atoms with Gasteiger partial charge in [-0.2, -0.15) is 0 Å². The zero-order valence-electron chi connectivity index (χ0n) is 20.0. The number of halogens is 2. The minimum atomic E-state index is -1.37. The van der Waals surface area contributed by atoms with Crippen LogP contribution in [-0.4, -0.2) is 66.5 Å². The maximum absolute atomic E-state index is 14.8. The number of likely N-dealkylation sites (tertiary alicyclic amines) is 1. The Morgan fingerprint density at radius 1 is 1.11 bits per heavy atom. The highest BCUT2D eigenvalue weighted by Crippen LogP contribution is 2.42. The topological polar surface area (TPSA) is 105 Å². The largest absolute Gasteiger partial charge is 0.497 e. The van der Waals surface area contributed by atoms with E-state index in [1.807, 2.05) is 0 Å². The molecule has 190 valence electrons. The second-order valence-corrected chi connectivity index (χ2v) is 8.42. The van der Waals surface area contributed by atoms with Gasteiger partial charge in [-0.15, -0.1) is 0 Å². The molecular weight excluding hydrogens is 476 g/mol. The molecule has 0 aliphatic carbocycles. The number of hydroxylamine groups is 2. The summed E-state index contributed by atoms with van der Waals surface area (Å²) in [6.07, 6.45) is 0.181. The first-order valence-corrected chi connectivity index (χ1v) is 11.1. The summed E-state index contributed by atoms with van der Waals surface area (Å²) in [5.41, 5.74) is -0.597. The molecular formula is C25H25F2N3O6. The van der Waals surface area contributed by atoms with Gasteiger partial charge in [0.15, 0.2) is 5.76 Å². The average Bonchev–Trinajstić information content (AvgIpc) is 3.33. The number of benzene rings is 2. The number of methoxy groups -OCH3 is 2. The number of esters is 1. The summed E-state index contributed by atoms with van der Waals surface area (Å²) in [7, 11) is 3.97. The highest BCUT2D eigenvalue weighted by Gasteiger charge is 2.49. The van der Waals surface area contributed by atoms with E-state index in [-0.39, 0.29) is 48.8 Å². The van der Waals surface area contributed by atoms with Crippen molar-refractivity contribution in [3.8, 4) is 28.3 Å². The monoisotopic (exact) mass is 501 g/mol. The number of hydrogen-bond acceptors (Lipinski definition) is 7. The van der Waals surface area contributed by atoms with Gasteiger partial charge >= 0.3 is 12.0 Å². The van der Waals surface area contributed by atoms with Crippen molar-refractivity contribution in [2.45, 2.75) is 18.3 Å². The van der Waals surface area contributed by atoms with E-state index in [4.69, 9.17) is 13.9 Å². The van der Waals surface area contributed by atoms with E-state index in [2.05, 4.69) is 4.98 Å². The highest BCUT2D eigenvalue weighted by molar-refractivity contribution is 5.84. The van der Waals surface area contributed by atoms with Gasteiger partial charge in [-0.05, 0) is 49.2 Å². The molecule has 0 bridgehead atoms. The quantitative estimate of drug-likeness (QED) is 0.317. The van der Waals surface area contributed by atoms with Gasteiger partial charge in [-0.25, -0.2) is 23.6 Å². The Balaban J connectivity index is 1.84. The molecule has 1 saturated heterocycles. The fraction of sp³-hybridized carbons (Fsp3) is 0.320. The van der Waals surface area contributed by atoms with E-state index in [0.717, 1.165) is 12.1 Å². The van der Waals surface area contributed by atoms with Gasteiger partial charge < -0.3 is 18.8 Å². The highest BCUT2D eigenvalue weighted by atomic mass is 19.1. The number of aromatic nitrogens is 1. The van der Waals surface area contributed by atoms with Crippen LogP contribution in [0.5, 0.6) is 5.75 Å². The van der Waals surface area contributed by atoms with Gasteiger partial charge in [0.05, 0.1) is 19.8 Å². The molecule has 4 rings (SSSR count). The second kappa shape index (κ2) is 9.94. The molecule has 1 aromatic heterocycles. The molecule has 2 amide bonds. The lowest BCUT2D eigenvalue weighted by Crippen LogP contribution is -2.51. The Bertz CT molecular complexity index is 1270. The van der Waals surface area contributed by atoms with Crippen molar-refractivity contribution in [3.05, 3.63) is 60.0 Å². The third-order valence-electron chi connectivity index (χ3n) is 6.32. The lowest BCUT2D eigenvalue weighted by molar-refractivity contribution is -0.150. The molecule has 1 fully saturated rings. The maximum Gasteiger partial charge on any atom is 0.343 e. The van der Waals surface area contributed by atoms with Crippen molar-refractivity contribution in [2.75, 3.05) is 34.4 Å². The smallest absolute Gasteiger partial charge is 0.343 e. The van der Waals surface area contributed by atoms with Gasteiger partial charge in [0.25, 0.3) is 0 Å². The van der Waals surface area contributed by atoms with Crippen LogP contribution in [0.25, 0.3) is 22.6 Å². The van der Waals surface area contributed by atoms with Gasteiger partial charge in [-0.1, -0.05) is 0 Å². The molecule has 0 radical (unpaired) electrons. The van der Waals surface area contributed by atoms with Gasteiger partial charge in [0.2, 0.25) is 5.89 Å². The van der Waals surface area contributed by atoms with Gasteiger partial charge in [0.1, 0.15) is 28.5 Å². The van der Waals surface area contributed by atoms with Crippen LogP contribution >= 0.6 is 0 Å². The van der Waals surface area contributed by atoms with E-state index in [1.54, 1.807) is 24.3 Å². The Morgan fingerprint density at radius 2 is 1.78 bits per heavy atom. The van der Waals surface area contributed by atoms with Crippen LogP contribution in [0.2, 0.25) is 0 Å². The summed E-state index contributed by atoms with van der Waals surface area (Å²) in [5.74, 6) is -1.63. The van der Waals surface area contributed by atoms with Crippen molar-refractivity contribution >= 4 is 12.0 Å². The molecule has 2 aromatic carbocycles. The normalized spacial score (nSPS) is 14.9. The molecule has 0 saturated carbocycles. The Kier molecular flexibility index (Phi) is 6.93.